The van der Waals surface area contributed by atoms with E-state index in [0.717, 1.165) is 17.1 Å². The summed E-state index contributed by atoms with van der Waals surface area (Å²) in [5, 5.41) is 0. The molecule has 0 spiro atoms. The number of carbonyl (C=O) groups excluding carboxylic acids is 1. The Bertz CT molecular complexity index is 541. The average molecular weight is 305 g/mol. The number of carbonyl (C=O) groups is 1. The highest BCUT2D eigenvalue weighted by atomic mass is 16.7. The Labute approximate surface area is 131 Å². The van der Waals surface area contributed by atoms with Crippen molar-refractivity contribution < 1.29 is 19.0 Å². The summed E-state index contributed by atoms with van der Waals surface area (Å²) in [6.45, 7) is 6.01. The van der Waals surface area contributed by atoms with Crippen LogP contribution in [0.5, 0.6) is 11.5 Å². The molecule has 0 N–H and O–H groups in total. The zero-order valence-corrected chi connectivity index (χ0v) is 13.2. The van der Waals surface area contributed by atoms with E-state index in [4.69, 9.17) is 14.2 Å². The van der Waals surface area contributed by atoms with E-state index in [1.807, 2.05) is 36.9 Å². The Morgan fingerprint density at radius 2 is 2.14 bits per heavy atom. The average Bonchev–Trinajstić information content (AvgIpc) is 3.25. The molecule has 1 unspecified atom stereocenters. The van der Waals surface area contributed by atoms with Gasteiger partial charge in [0.1, 0.15) is 6.10 Å². The molecule has 2 aliphatic rings. The number of fused-ring (bicyclic) bond motifs is 1. The van der Waals surface area contributed by atoms with E-state index in [-0.39, 0.29) is 18.8 Å². The molecule has 1 heterocycles. The molecule has 0 aromatic heterocycles. The topological polar surface area (TPSA) is 48.0 Å². The summed E-state index contributed by atoms with van der Waals surface area (Å²) in [7, 11) is 0. The van der Waals surface area contributed by atoms with Crippen LogP contribution in [-0.4, -0.2) is 36.9 Å². The Morgan fingerprint density at radius 1 is 1.36 bits per heavy atom. The number of hydrogen-bond acceptors (Lipinski definition) is 4. The van der Waals surface area contributed by atoms with Gasteiger partial charge in [0.2, 0.25) is 6.79 Å². The highest BCUT2D eigenvalue weighted by Gasteiger charge is 2.26. The summed E-state index contributed by atoms with van der Waals surface area (Å²) >= 11 is 0. The molecule has 1 atom stereocenters. The third kappa shape index (κ3) is 3.53. The summed E-state index contributed by atoms with van der Waals surface area (Å²) in [6.07, 6.45) is 2.08. The predicted molar refractivity (Wildman–Crippen MR) is 81.8 cm³/mol. The van der Waals surface area contributed by atoms with Crippen molar-refractivity contribution in [3.63, 3.8) is 0 Å². The van der Waals surface area contributed by atoms with Crippen LogP contribution in [0.15, 0.2) is 18.2 Å². The molecule has 0 saturated heterocycles. The normalized spacial score (nSPS) is 17.4. The van der Waals surface area contributed by atoms with E-state index < -0.39 is 0 Å². The Hall–Kier alpha value is -1.75. The number of likely N-dealkylation sites (N-methyl/N-ethyl adjacent to an activating group) is 1. The lowest BCUT2D eigenvalue weighted by molar-refractivity contribution is -0.143. The highest BCUT2D eigenvalue weighted by Crippen LogP contribution is 2.33. The summed E-state index contributed by atoms with van der Waals surface area (Å²) in [4.78, 5) is 14.3. The molecule has 0 bridgehead atoms. The Balaban J connectivity index is 1.59. The fourth-order valence-electron chi connectivity index (χ4n) is 2.50. The number of amides is 1. The molecular weight excluding hydrogens is 282 g/mol. The van der Waals surface area contributed by atoms with Crippen LogP contribution in [0.25, 0.3) is 0 Å². The zero-order chi connectivity index (χ0) is 15.5. The van der Waals surface area contributed by atoms with Crippen molar-refractivity contribution in [1.29, 1.82) is 0 Å². The zero-order valence-electron chi connectivity index (χ0n) is 13.2. The van der Waals surface area contributed by atoms with Crippen LogP contribution in [0.3, 0.4) is 0 Å². The van der Waals surface area contributed by atoms with Gasteiger partial charge in [0.25, 0.3) is 5.91 Å². The van der Waals surface area contributed by atoms with Gasteiger partial charge in [-0.05, 0) is 50.3 Å². The number of hydrogen-bond donors (Lipinski definition) is 0. The van der Waals surface area contributed by atoms with Gasteiger partial charge in [0.15, 0.2) is 11.5 Å². The molecular formula is C17H23NO4. The van der Waals surface area contributed by atoms with Crippen LogP contribution in [-0.2, 0) is 16.1 Å². The van der Waals surface area contributed by atoms with Crippen LogP contribution in [0.2, 0.25) is 0 Å². The van der Waals surface area contributed by atoms with Crippen LogP contribution in [0.1, 0.15) is 32.3 Å². The van der Waals surface area contributed by atoms with Crippen LogP contribution in [0, 0.1) is 5.92 Å². The maximum atomic E-state index is 12.5. The van der Waals surface area contributed by atoms with Crippen molar-refractivity contribution in [2.24, 2.45) is 5.92 Å². The SMILES string of the molecule is CCN(Cc1ccc2c(c1)OCO2)C(=O)C(C)OCC1CC1. The molecule has 1 fully saturated rings. The smallest absolute Gasteiger partial charge is 0.251 e. The molecule has 1 amide bonds. The maximum absolute atomic E-state index is 12.5. The second-order valence-corrected chi connectivity index (χ2v) is 5.96. The first kappa shape index (κ1) is 15.2. The van der Waals surface area contributed by atoms with Crippen LogP contribution in [0.4, 0.5) is 0 Å². The lowest BCUT2D eigenvalue weighted by atomic mass is 10.1. The van der Waals surface area contributed by atoms with Gasteiger partial charge in [0, 0.05) is 13.1 Å². The van der Waals surface area contributed by atoms with Crippen molar-refractivity contribution in [3.8, 4) is 11.5 Å². The second-order valence-electron chi connectivity index (χ2n) is 5.96. The van der Waals surface area contributed by atoms with Gasteiger partial charge in [0.05, 0.1) is 6.61 Å². The largest absolute Gasteiger partial charge is 0.454 e. The summed E-state index contributed by atoms with van der Waals surface area (Å²) < 4.78 is 16.4. The van der Waals surface area contributed by atoms with Gasteiger partial charge in [-0.3, -0.25) is 4.79 Å². The summed E-state index contributed by atoms with van der Waals surface area (Å²) in [5.74, 6) is 2.22. The molecule has 1 aromatic rings. The standard InChI is InChI=1S/C17H23NO4/c1-3-18(17(19)12(2)20-10-13-4-5-13)9-14-6-7-15-16(8-14)22-11-21-15/h6-8,12-13H,3-5,9-11H2,1-2H3. The number of benzene rings is 1. The first-order chi connectivity index (χ1) is 10.7. The van der Waals surface area contributed by atoms with Gasteiger partial charge in [-0.15, -0.1) is 0 Å². The van der Waals surface area contributed by atoms with Crippen molar-refractivity contribution in [2.75, 3.05) is 19.9 Å². The summed E-state index contributed by atoms with van der Waals surface area (Å²) in [5.41, 5.74) is 1.04. The Kier molecular flexibility index (Phi) is 4.52. The number of rotatable bonds is 7. The van der Waals surface area contributed by atoms with Crippen molar-refractivity contribution >= 4 is 5.91 Å². The molecule has 3 rings (SSSR count). The molecule has 5 nitrogen and oxygen atoms in total. The van der Waals surface area contributed by atoms with Gasteiger partial charge >= 0.3 is 0 Å². The molecule has 1 aliphatic heterocycles. The fraction of sp³-hybridized carbons (Fsp3) is 0.588. The molecule has 5 heteroatoms. The Morgan fingerprint density at radius 3 is 2.86 bits per heavy atom. The minimum Gasteiger partial charge on any atom is -0.454 e. The van der Waals surface area contributed by atoms with Gasteiger partial charge < -0.3 is 19.1 Å². The third-order valence-electron chi connectivity index (χ3n) is 4.13. The monoisotopic (exact) mass is 305 g/mol. The number of nitrogens with zero attached hydrogens (tertiary/aromatic N) is 1. The van der Waals surface area contributed by atoms with Gasteiger partial charge in [-0.25, -0.2) is 0 Å². The first-order valence-corrected chi connectivity index (χ1v) is 7.96. The van der Waals surface area contributed by atoms with Crippen LogP contribution >= 0.6 is 0 Å². The fourth-order valence-corrected chi connectivity index (χ4v) is 2.50. The molecule has 1 saturated carbocycles. The second kappa shape index (κ2) is 6.57. The molecule has 22 heavy (non-hydrogen) atoms. The lowest BCUT2D eigenvalue weighted by Crippen LogP contribution is -2.38. The minimum atomic E-state index is -0.380. The highest BCUT2D eigenvalue weighted by molar-refractivity contribution is 5.80. The van der Waals surface area contributed by atoms with E-state index >= 15 is 0 Å². The van der Waals surface area contributed by atoms with Crippen molar-refractivity contribution in [2.45, 2.75) is 39.3 Å². The maximum Gasteiger partial charge on any atom is 0.251 e. The quantitative estimate of drug-likeness (QED) is 0.777. The predicted octanol–water partition coefficient (Wildman–Crippen LogP) is 2.58. The van der Waals surface area contributed by atoms with E-state index in [2.05, 4.69) is 0 Å². The van der Waals surface area contributed by atoms with E-state index in [0.29, 0.717) is 25.6 Å². The van der Waals surface area contributed by atoms with E-state index in [1.54, 1.807) is 0 Å². The number of ether oxygens (including phenoxy) is 3. The van der Waals surface area contributed by atoms with Crippen molar-refractivity contribution in [3.05, 3.63) is 23.8 Å². The lowest BCUT2D eigenvalue weighted by Gasteiger charge is -2.24. The van der Waals surface area contributed by atoms with E-state index in [9.17, 15) is 4.79 Å². The van der Waals surface area contributed by atoms with Gasteiger partial charge in [-0.2, -0.15) is 0 Å². The first-order valence-electron chi connectivity index (χ1n) is 7.96. The van der Waals surface area contributed by atoms with Crippen LogP contribution < -0.4 is 9.47 Å². The third-order valence-corrected chi connectivity index (χ3v) is 4.13. The van der Waals surface area contributed by atoms with Gasteiger partial charge in [-0.1, -0.05) is 6.07 Å². The van der Waals surface area contributed by atoms with Crippen molar-refractivity contribution in [1.82, 2.24) is 4.90 Å². The minimum absolute atomic E-state index is 0.0424. The molecule has 1 aliphatic carbocycles. The molecule has 120 valence electrons. The molecule has 1 aromatic carbocycles. The molecule has 0 radical (unpaired) electrons. The summed E-state index contributed by atoms with van der Waals surface area (Å²) in [6, 6.07) is 5.80. The van der Waals surface area contributed by atoms with E-state index in [1.165, 1.54) is 12.8 Å².